The van der Waals surface area contributed by atoms with E-state index < -0.39 is 15.8 Å². The average molecular weight is 446 g/mol. The molecule has 0 radical (unpaired) electrons. The van der Waals surface area contributed by atoms with Crippen LogP contribution in [0.25, 0.3) is 0 Å². The van der Waals surface area contributed by atoms with Gasteiger partial charge in [0.1, 0.15) is 0 Å². The van der Waals surface area contributed by atoms with Gasteiger partial charge in [0.05, 0.1) is 4.90 Å². The highest BCUT2D eigenvalue weighted by molar-refractivity contribution is 7.89. The van der Waals surface area contributed by atoms with Gasteiger partial charge in [-0.15, -0.1) is 0 Å². The molecule has 0 aliphatic heterocycles. The number of para-hydroxylation sites is 1. The van der Waals surface area contributed by atoms with Crippen LogP contribution in [0.5, 0.6) is 5.75 Å². The second kappa shape index (κ2) is 9.15. The Balaban J connectivity index is 1.35. The molecular weight excluding hydrogens is 421 g/mol. The van der Waals surface area contributed by atoms with Crippen molar-refractivity contribution >= 4 is 10.0 Å². The predicted molar refractivity (Wildman–Crippen MR) is 112 cm³/mol. The van der Waals surface area contributed by atoms with Crippen LogP contribution in [0.15, 0.2) is 51.9 Å². The largest absolute Gasteiger partial charge is 0.481 e. The molecule has 0 spiro atoms. The van der Waals surface area contributed by atoms with E-state index in [4.69, 9.17) is 9.26 Å². The van der Waals surface area contributed by atoms with Crippen molar-refractivity contribution in [2.75, 3.05) is 13.6 Å². The molecule has 7 nitrogen and oxygen atoms in total. The van der Waals surface area contributed by atoms with E-state index in [-0.39, 0.29) is 31.2 Å². The normalized spacial score (nSPS) is 13.9. The van der Waals surface area contributed by atoms with Gasteiger partial charge in [0, 0.05) is 20.0 Å². The lowest BCUT2D eigenvalue weighted by atomic mass is 9.92. The highest BCUT2D eigenvalue weighted by Gasteiger charge is 2.23. The van der Waals surface area contributed by atoms with E-state index in [0.29, 0.717) is 10.7 Å². The Kier molecular flexibility index (Phi) is 6.33. The minimum atomic E-state index is -3.61. The summed E-state index contributed by atoms with van der Waals surface area (Å²) < 4.78 is 51.2. The molecule has 164 valence electrons. The first kappa shape index (κ1) is 21.5. The summed E-state index contributed by atoms with van der Waals surface area (Å²) in [5.41, 5.74) is 2.36. The van der Waals surface area contributed by atoms with Crippen LogP contribution < -0.4 is 4.74 Å². The first-order valence-electron chi connectivity index (χ1n) is 10.2. The number of hydrogen-bond acceptors (Lipinski definition) is 6. The zero-order chi connectivity index (χ0) is 21.8. The zero-order valence-corrected chi connectivity index (χ0v) is 18.1. The van der Waals surface area contributed by atoms with Crippen molar-refractivity contribution < 1.29 is 22.1 Å². The van der Waals surface area contributed by atoms with Crippen molar-refractivity contribution in [2.24, 2.45) is 0 Å². The fourth-order valence-electron chi connectivity index (χ4n) is 3.58. The van der Waals surface area contributed by atoms with Gasteiger partial charge in [-0.1, -0.05) is 23.4 Å². The van der Waals surface area contributed by atoms with Crippen molar-refractivity contribution in [3.05, 3.63) is 71.1 Å². The molecule has 3 aromatic rings. The highest BCUT2D eigenvalue weighted by atomic mass is 32.2. The number of rotatable bonds is 8. The molecule has 9 heteroatoms. The van der Waals surface area contributed by atoms with Gasteiger partial charge in [-0.2, -0.15) is 4.98 Å². The number of ether oxygens (including phenoxy) is 1. The maximum Gasteiger partial charge on any atom is 0.264 e. The summed E-state index contributed by atoms with van der Waals surface area (Å²) in [6.45, 7) is 0.129. The van der Waals surface area contributed by atoms with Gasteiger partial charge < -0.3 is 9.26 Å². The topological polar surface area (TPSA) is 85.5 Å². The van der Waals surface area contributed by atoms with Crippen LogP contribution in [0.1, 0.15) is 35.7 Å². The van der Waals surface area contributed by atoms with Gasteiger partial charge in [0.15, 0.2) is 24.0 Å². The lowest BCUT2D eigenvalue weighted by Gasteiger charge is -2.20. The lowest BCUT2D eigenvalue weighted by molar-refractivity contribution is 0.234. The SMILES string of the molecule is CN(CCc1noc(COc2ccccc2F)n1)S(=O)(=O)c1ccc2c(c1)CCCC2. The predicted octanol–water partition coefficient (Wildman–Crippen LogP) is 3.53. The summed E-state index contributed by atoms with van der Waals surface area (Å²) in [7, 11) is -2.07. The molecule has 0 fully saturated rings. The molecule has 4 rings (SSSR count). The minimum absolute atomic E-state index is 0.0722. The first-order chi connectivity index (χ1) is 14.9. The van der Waals surface area contributed by atoms with Gasteiger partial charge in [-0.25, -0.2) is 17.1 Å². The van der Waals surface area contributed by atoms with Crippen LogP contribution in [0.4, 0.5) is 4.39 Å². The highest BCUT2D eigenvalue weighted by Crippen LogP contribution is 2.25. The van der Waals surface area contributed by atoms with Gasteiger partial charge in [-0.3, -0.25) is 0 Å². The molecule has 0 bridgehead atoms. The Morgan fingerprint density at radius 3 is 2.71 bits per heavy atom. The van der Waals surface area contributed by atoms with E-state index in [1.54, 1.807) is 24.3 Å². The molecular formula is C22H24FN3O4S. The average Bonchev–Trinajstić information content (AvgIpc) is 3.24. The minimum Gasteiger partial charge on any atom is -0.481 e. The van der Waals surface area contributed by atoms with Crippen LogP contribution in [0, 0.1) is 5.82 Å². The number of likely N-dealkylation sites (N-methyl/N-ethyl adjacent to an activating group) is 1. The second-order valence-corrected chi connectivity index (χ2v) is 9.58. The quantitative estimate of drug-likeness (QED) is 0.527. The Labute approximate surface area is 180 Å². The molecule has 0 N–H and O–H groups in total. The number of halogens is 1. The molecule has 1 aliphatic rings. The summed E-state index contributed by atoms with van der Waals surface area (Å²) in [5.74, 6) is 0.174. The van der Waals surface area contributed by atoms with Gasteiger partial charge in [0.2, 0.25) is 10.0 Å². The third-order valence-electron chi connectivity index (χ3n) is 5.38. The molecule has 0 saturated heterocycles. The second-order valence-electron chi connectivity index (χ2n) is 7.54. The molecule has 1 aromatic heterocycles. The van der Waals surface area contributed by atoms with Gasteiger partial charge >= 0.3 is 0 Å². The van der Waals surface area contributed by atoms with Crippen molar-refractivity contribution in [3.8, 4) is 5.75 Å². The fourth-order valence-corrected chi connectivity index (χ4v) is 4.80. The Morgan fingerprint density at radius 2 is 1.90 bits per heavy atom. The third-order valence-corrected chi connectivity index (χ3v) is 7.23. The Morgan fingerprint density at radius 1 is 1.13 bits per heavy atom. The van der Waals surface area contributed by atoms with E-state index >= 15 is 0 Å². The van der Waals surface area contributed by atoms with E-state index in [2.05, 4.69) is 10.1 Å². The summed E-state index contributed by atoms with van der Waals surface area (Å²) in [6.07, 6.45) is 4.45. The molecule has 31 heavy (non-hydrogen) atoms. The summed E-state index contributed by atoms with van der Waals surface area (Å²) in [4.78, 5) is 4.50. The van der Waals surface area contributed by atoms with Crippen molar-refractivity contribution in [1.82, 2.24) is 14.4 Å². The number of sulfonamides is 1. The standard InChI is InChI=1S/C22H24FN3O4S/c1-26(31(27,28)18-11-10-16-6-2-3-7-17(16)14-18)13-12-21-24-22(30-25-21)15-29-20-9-5-4-8-19(20)23/h4-5,8-11,14H,2-3,6-7,12-13,15H2,1H3. The Bertz CT molecular complexity index is 1160. The smallest absolute Gasteiger partial charge is 0.264 e. The molecule has 1 aliphatic carbocycles. The summed E-state index contributed by atoms with van der Waals surface area (Å²) in [5, 5.41) is 3.85. The van der Waals surface area contributed by atoms with Gasteiger partial charge in [-0.05, 0) is 61.1 Å². The van der Waals surface area contributed by atoms with Crippen LogP contribution in [0.2, 0.25) is 0 Å². The third kappa shape index (κ3) is 4.94. The monoisotopic (exact) mass is 445 g/mol. The van der Waals surface area contributed by atoms with Crippen LogP contribution in [-0.4, -0.2) is 36.5 Å². The van der Waals surface area contributed by atoms with Crippen molar-refractivity contribution in [1.29, 1.82) is 0 Å². The summed E-state index contributed by atoms with van der Waals surface area (Å²) in [6, 6.07) is 11.4. The summed E-state index contributed by atoms with van der Waals surface area (Å²) >= 11 is 0. The van der Waals surface area contributed by atoms with Crippen LogP contribution in [0.3, 0.4) is 0 Å². The number of hydrogen-bond donors (Lipinski definition) is 0. The molecule has 2 aromatic carbocycles. The number of aryl methyl sites for hydroxylation is 2. The molecule has 1 heterocycles. The van der Waals surface area contributed by atoms with E-state index in [9.17, 15) is 12.8 Å². The maximum atomic E-state index is 13.6. The van der Waals surface area contributed by atoms with Gasteiger partial charge in [0.25, 0.3) is 5.89 Å². The van der Waals surface area contributed by atoms with E-state index in [0.717, 1.165) is 31.2 Å². The van der Waals surface area contributed by atoms with Crippen LogP contribution >= 0.6 is 0 Å². The zero-order valence-electron chi connectivity index (χ0n) is 17.3. The number of nitrogens with zero attached hydrogens (tertiary/aromatic N) is 3. The number of fused-ring (bicyclic) bond motifs is 1. The number of aromatic nitrogens is 2. The molecule has 0 atom stereocenters. The number of benzene rings is 2. The van der Waals surface area contributed by atoms with E-state index in [1.165, 1.54) is 29.0 Å². The van der Waals surface area contributed by atoms with Crippen LogP contribution in [-0.2, 0) is 35.9 Å². The molecule has 0 saturated carbocycles. The maximum absolute atomic E-state index is 13.6. The Hall–Kier alpha value is -2.78. The van der Waals surface area contributed by atoms with E-state index in [1.807, 2.05) is 6.07 Å². The fraction of sp³-hybridized carbons (Fsp3) is 0.364. The van der Waals surface area contributed by atoms with Crippen molar-refractivity contribution in [2.45, 2.75) is 43.6 Å². The lowest BCUT2D eigenvalue weighted by Crippen LogP contribution is -2.29. The first-order valence-corrected chi connectivity index (χ1v) is 11.6. The molecule has 0 amide bonds. The van der Waals surface area contributed by atoms with Crippen molar-refractivity contribution in [3.63, 3.8) is 0 Å². The molecule has 0 unspecified atom stereocenters.